The lowest BCUT2D eigenvalue weighted by atomic mass is 10.1. The highest BCUT2D eigenvalue weighted by Gasteiger charge is 2.24. The number of carbonyl (C=O) groups is 2. The van der Waals surface area contributed by atoms with Crippen LogP contribution in [0.1, 0.15) is 29.2 Å². The summed E-state index contributed by atoms with van der Waals surface area (Å²) in [6, 6.07) is 7.33. The standard InChI is InChI=1S/C25H30N8O4/c1-3-22(34)32-10-6-7-18(16-32)33-15-17(13-28-33)29-25-27-14-19(23(26)35)24(31-25)30-20-8-4-5-9-21(20)37-12-11-36-2/h3-5,8-9,13-15,18H,1,6-7,10-12,16H2,2H3,(H2,26,35)(H2,27,29,30,31)/t18-/m0/s1. The third kappa shape index (κ3) is 6.41. The number of amides is 2. The molecule has 1 saturated heterocycles. The summed E-state index contributed by atoms with van der Waals surface area (Å²) >= 11 is 0. The predicted octanol–water partition coefficient (Wildman–Crippen LogP) is 2.63. The van der Waals surface area contributed by atoms with Gasteiger partial charge in [0.05, 0.1) is 30.2 Å². The minimum Gasteiger partial charge on any atom is -0.489 e. The molecular weight excluding hydrogens is 476 g/mol. The van der Waals surface area contributed by atoms with Gasteiger partial charge in [0.25, 0.3) is 5.91 Å². The third-order valence-electron chi connectivity index (χ3n) is 5.85. The van der Waals surface area contributed by atoms with Crippen LogP contribution in [0.5, 0.6) is 5.75 Å². The number of nitrogens with zero attached hydrogens (tertiary/aromatic N) is 5. The van der Waals surface area contributed by atoms with Gasteiger partial charge in [0.1, 0.15) is 23.7 Å². The van der Waals surface area contributed by atoms with E-state index in [0.29, 0.717) is 43.4 Å². The number of piperidine rings is 1. The van der Waals surface area contributed by atoms with E-state index in [9.17, 15) is 9.59 Å². The summed E-state index contributed by atoms with van der Waals surface area (Å²) in [6.07, 6.45) is 7.98. The van der Waals surface area contributed by atoms with Crippen LogP contribution in [0.25, 0.3) is 0 Å². The van der Waals surface area contributed by atoms with Crippen molar-refractivity contribution in [3.8, 4) is 5.75 Å². The van der Waals surface area contributed by atoms with Crippen molar-refractivity contribution in [3.05, 3.63) is 61.1 Å². The number of para-hydroxylation sites is 2. The Balaban J connectivity index is 1.51. The number of nitrogens with two attached hydrogens (primary N) is 1. The molecular formula is C25H30N8O4. The third-order valence-corrected chi connectivity index (χ3v) is 5.85. The number of hydrogen-bond acceptors (Lipinski definition) is 9. The first-order valence-corrected chi connectivity index (χ1v) is 11.9. The normalized spacial score (nSPS) is 15.2. The Bertz CT molecular complexity index is 1260. The van der Waals surface area contributed by atoms with E-state index in [2.05, 4.69) is 32.3 Å². The second-order valence-corrected chi connectivity index (χ2v) is 8.40. The van der Waals surface area contributed by atoms with E-state index in [-0.39, 0.29) is 29.3 Å². The van der Waals surface area contributed by atoms with E-state index >= 15 is 0 Å². The summed E-state index contributed by atoms with van der Waals surface area (Å²) in [4.78, 5) is 34.5. The summed E-state index contributed by atoms with van der Waals surface area (Å²) < 4.78 is 12.6. The minimum absolute atomic E-state index is 0.0539. The number of aromatic nitrogens is 4. The highest BCUT2D eigenvalue weighted by molar-refractivity contribution is 5.98. The van der Waals surface area contributed by atoms with Crippen molar-refractivity contribution in [2.24, 2.45) is 5.73 Å². The van der Waals surface area contributed by atoms with Crippen molar-refractivity contribution in [2.45, 2.75) is 18.9 Å². The molecule has 0 radical (unpaired) electrons. The Labute approximate surface area is 214 Å². The molecule has 1 aliphatic heterocycles. The highest BCUT2D eigenvalue weighted by atomic mass is 16.5. The summed E-state index contributed by atoms with van der Waals surface area (Å²) in [6.45, 7) is 5.64. The molecule has 1 fully saturated rings. The number of anilines is 4. The lowest BCUT2D eigenvalue weighted by Crippen LogP contribution is -2.39. The van der Waals surface area contributed by atoms with E-state index in [4.69, 9.17) is 15.2 Å². The first kappa shape index (κ1) is 25.6. The average molecular weight is 507 g/mol. The van der Waals surface area contributed by atoms with Gasteiger partial charge in [0.2, 0.25) is 11.9 Å². The van der Waals surface area contributed by atoms with E-state index in [1.807, 2.05) is 23.0 Å². The van der Waals surface area contributed by atoms with Gasteiger partial charge in [-0.3, -0.25) is 14.3 Å². The zero-order valence-corrected chi connectivity index (χ0v) is 20.6. The average Bonchev–Trinajstić information content (AvgIpc) is 3.38. The molecule has 1 atom stereocenters. The largest absolute Gasteiger partial charge is 0.489 e. The number of ether oxygens (including phenoxy) is 2. The van der Waals surface area contributed by atoms with Gasteiger partial charge >= 0.3 is 0 Å². The van der Waals surface area contributed by atoms with E-state index in [1.54, 1.807) is 30.3 Å². The molecule has 12 heteroatoms. The van der Waals surface area contributed by atoms with Gasteiger partial charge in [0, 0.05) is 32.6 Å². The molecule has 0 aliphatic carbocycles. The fourth-order valence-corrected chi connectivity index (χ4v) is 4.01. The van der Waals surface area contributed by atoms with Crippen molar-refractivity contribution < 1.29 is 19.1 Å². The maximum atomic E-state index is 12.0. The zero-order chi connectivity index (χ0) is 26.2. The molecule has 0 bridgehead atoms. The Morgan fingerprint density at radius 2 is 2.08 bits per heavy atom. The van der Waals surface area contributed by atoms with Crippen LogP contribution in [-0.4, -0.2) is 69.9 Å². The number of primary amides is 1. The smallest absolute Gasteiger partial charge is 0.254 e. The Morgan fingerprint density at radius 3 is 2.86 bits per heavy atom. The first-order valence-electron chi connectivity index (χ1n) is 11.9. The molecule has 1 aliphatic rings. The van der Waals surface area contributed by atoms with Crippen molar-refractivity contribution in [1.82, 2.24) is 24.6 Å². The van der Waals surface area contributed by atoms with Crippen LogP contribution in [0.15, 0.2) is 55.5 Å². The van der Waals surface area contributed by atoms with Crippen LogP contribution in [0, 0.1) is 0 Å². The molecule has 0 saturated carbocycles. The van der Waals surface area contributed by atoms with Crippen molar-refractivity contribution >= 4 is 35.0 Å². The molecule has 12 nitrogen and oxygen atoms in total. The maximum absolute atomic E-state index is 12.0. The fraction of sp³-hybridized carbons (Fsp3) is 0.320. The summed E-state index contributed by atoms with van der Waals surface area (Å²) in [5.74, 6) is 0.295. The van der Waals surface area contributed by atoms with Crippen LogP contribution < -0.4 is 21.1 Å². The number of rotatable bonds is 11. The minimum atomic E-state index is -0.671. The number of hydrogen-bond donors (Lipinski definition) is 3. The van der Waals surface area contributed by atoms with Gasteiger partial charge in [-0.2, -0.15) is 10.1 Å². The quantitative estimate of drug-likeness (QED) is 0.263. The predicted molar refractivity (Wildman–Crippen MR) is 138 cm³/mol. The molecule has 0 spiro atoms. The summed E-state index contributed by atoms with van der Waals surface area (Å²) in [7, 11) is 1.60. The Kier molecular flexibility index (Phi) is 8.31. The monoisotopic (exact) mass is 506 g/mol. The Morgan fingerprint density at radius 1 is 1.24 bits per heavy atom. The van der Waals surface area contributed by atoms with Crippen LogP contribution in [0.4, 0.5) is 23.1 Å². The number of methoxy groups -OCH3 is 1. The molecule has 0 unspecified atom stereocenters. The van der Waals surface area contributed by atoms with Crippen LogP contribution in [0.2, 0.25) is 0 Å². The molecule has 194 valence electrons. The maximum Gasteiger partial charge on any atom is 0.254 e. The van der Waals surface area contributed by atoms with Crippen LogP contribution in [-0.2, 0) is 9.53 Å². The Hall–Kier alpha value is -4.45. The zero-order valence-electron chi connectivity index (χ0n) is 20.6. The highest BCUT2D eigenvalue weighted by Crippen LogP contribution is 2.29. The second-order valence-electron chi connectivity index (χ2n) is 8.40. The molecule has 3 aromatic rings. The van der Waals surface area contributed by atoms with E-state index in [1.165, 1.54) is 12.3 Å². The molecule has 2 aromatic heterocycles. The summed E-state index contributed by atoms with van der Waals surface area (Å²) in [5, 5.41) is 10.7. The number of nitrogens with one attached hydrogen (secondary N) is 2. The van der Waals surface area contributed by atoms with Gasteiger partial charge in [-0.25, -0.2) is 4.98 Å². The van der Waals surface area contributed by atoms with Crippen molar-refractivity contribution in [1.29, 1.82) is 0 Å². The lowest BCUT2D eigenvalue weighted by Gasteiger charge is -2.32. The van der Waals surface area contributed by atoms with Crippen molar-refractivity contribution in [3.63, 3.8) is 0 Å². The fourth-order valence-electron chi connectivity index (χ4n) is 4.01. The van der Waals surface area contributed by atoms with Crippen LogP contribution >= 0.6 is 0 Å². The van der Waals surface area contributed by atoms with E-state index < -0.39 is 5.91 Å². The number of benzene rings is 1. The first-order chi connectivity index (χ1) is 18.0. The lowest BCUT2D eigenvalue weighted by molar-refractivity contribution is -0.127. The van der Waals surface area contributed by atoms with Gasteiger partial charge < -0.3 is 30.7 Å². The second kappa shape index (κ2) is 12.0. The molecule has 1 aromatic carbocycles. The number of carbonyl (C=O) groups excluding carboxylic acids is 2. The molecule has 3 heterocycles. The molecule has 4 N–H and O–H groups in total. The van der Waals surface area contributed by atoms with Gasteiger partial charge in [-0.1, -0.05) is 18.7 Å². The molecule has 37 heavy (non-hydrogen) atoms. The SMILES string of the molecule is C=CC(=O)N1CCC[C@H](n2cc(Nc3ncc(C(N)=O)c(Nc4ccccc4OCCOC)n3)cn2)C1. The van der Waals surface area contributed by atoms with Gasteiger partial charge in [-0.05, 0) is 31.1 Å². The van der Waals surface area contributed by atoms with Gasteiger partial charge in [-0.15, -0.1) is 0 Å². The van der Waals surface area contributed by atoms with Gasteiger partial charge in [0.15, 0.2) is 0 Å². The number of likely N-dealkylation sites (tertiary alicyclic amines) is 1. The summed E-state index contributed by atoms with van der Waals surface area (Å²) in [5.41, 5.74) is 6.95. The van der Waals surface area contributed by atoms with E-state index in [0.717, 1.165) is 12.8 Å². The van der Waals surface area contributed by atoms with Crippen LogP contribution in [0.3, 0.4) is 0 Å². The topological polar surface area (TPSA) is 150 Å². The molecule has 2 amide bonds. The molecule has 4 rings (SSSR count). The van der Waals surface area contributed by atoms with Crippen molar-refractivity contribution in [2.75, 3.05) is 44.0 Å².